The van der Waals surface area contributed by atoms with Gasteiger partial charge in [-0.3, -0.25) is 0 Å². The molecule has 0 aliphatic rings. The van der Waals surface area contributed by atoms with Crippen LogP contribution in [0.4, 0.5) is 5.82 Å². The highest BCUT2D eigenvalue weighted by atomic mass is 16.5. The zero-order valence-electron chi connectivity index (χ0n) is 12.0. The maximum absolute atomic E-state index is 5.86. The third-order valence-corrected chi connectivity index (χ3v) is 2.83. The smallest absolute Gasteiger partial charge is 0.227 e. The van der Waals surface area contributed by atoms with Crippen molar-refractivity contribution in [3.63, 3.8) is 0 Å². The predicted octanol–water partition coefficient (Wildman–Crippen LogP) is 3.27. The number of rotatable bonds is 6. The summed E-state index contributed by atoms with van der Waals surface area (Å²) in [4.78, 5) is 8.41. The van der Waals surface area contributed by atoms with Crippen LogP contribution in [0.25, 0.3) is 0 Å². The SMILES string of the molecule is CCOc1cccc(Oc2ncnc(NC)c2CC)c1. The molecule has 0 bridgehead atoms. The number of aromatic nitrogens is 2. The molecule has 2 rings (SSSR count). The van der Waals surface area contributed by atoms with Crippen molar-refractivity contribution >= 4 is 5.82 Å². The first-order valence-corrected chi connectivity index (χ1v) is 6.70. The highest BCUT2D eigenvalue weighted by Crippen LogP contribution is 2.29. The largest absolute Gasteiger partial charge is 0.494 e. The Morgan fingerprint density at radius 1 is 1.15 bits per heavy atom. The van der Waals surface area contributed by atoms with Crippen LogP contribution in [0.15, 0.2) is 30.6 Å². The molecule has 0 radical (unpaired) electrons. The van der Waals surface area contributed by atoms with E-state index in [0.717, 1.165) is 23.6 Å². The van der Waals surface area contributed by atoms with Gasteiger partial charge in [0.25, 0.3) is 0 Å². The Kier molecular flexibility index (Phi) is 4.76. The summed E-state index contributed by atoms with van der Waals surface area (Å²) in [5.74, 6) is 2.84. The summed E-state index contributed by atoms with van der Waals surface area (Å²) in [6.45, 7) is 4.62. The summed E-state index contributed by atoms with van der Waals surface area (Å²) >= 11 is 0. The molecule has 0 saturated heterocycles. The van der Waals surface area contributed by atoms with Gasteiger partial charge in [0.05, 0.1) is 12.2 Å². The second kappa shape index (κ2) is 6.75. The van der Waals surface area contributed by atoms with Crippen molar-refractivity contribution in [1.29, 1.82) is 0 Å². The molecule has 0 spiro atoms. The molecule has 0 amide bonds. The summed E-state index contributed by atoms with van der Waals surface area (Å²) in [6, 6.07) is 7.52. The van der Waals surface area contributed by atoms with E-state index in [1.807, 2.05) is 45.2 Å². The van der Waals surface area contributed by atoms with Crippen LogP contribution in [-0.4, -0.2) is 23.6 Å². The predicted molar refractivity (Wildman–Crippen MR) is 78.6 cm³/mol. The Morgan fingerprint density at radius 3 is 2.65 bits per heavy atom. The zero-order chi connectivity index (χ0) is 14.4. The van der Waals surface area contributed by atoms with E-state index in [4.69, 9.17) is 9.47 Å². The average molecular weight is 273 g/mol. The third kappa shape index (κ3) is 3.17. The quantitative estimate of drug-likeness (QED) is 0.875. The summed E-state index contributed by atoms with van der Waals surface area (Å²) < 4.78 is 11.3. The van der Waals surface area contributed by atoms with Crippen LogP contribution in [0.5, 0.6) is 17.4 Å². The molecule has 0 fully saturated rings. The molecule has 0 aliphatic carbocycles. The first kappa shape index (κ1) is 14.1. The van der Waals surface area contributed by atoms with E-state index in [9.17, 15) is 0 Å². The molecule has 1 aromatic heterocycles. The number of ether oxygens (including phenoxy) is 2. The van der Waals surface area contributed by atoms with E-state index in [2.05, 4.69) is 15.3 Å². The Labute approximate surface area is 119 Å². The monoisotopic (exact) mass is 273 g/mol. The molecule has 20 heavy (non-hydrogen) atoms. The molecule has 2 aromatic rings. The van der Waals surface area contributed by atoms with Gasteiger partial charge in [0.2, 0.25) is 5.88 Å². The van der Waals surface area contributed by atoms with Crippen LogP contribution >= 0.6 is 0 Å². The van der Waals surface area contributed by atoms with Gasteiger partial charge in [-0.05, 0) is 25.5 Å². The van der Waals surface area contributed by atoms with Crippen LogP contribution in [0.1, 0.15) is 19.4 Å². The van der Waals surface area contributed by atoms with E-state index < -0.39 is 0 Å². The van der Waals surface area contributed by atoms with E-state index >= 15 is 0 Å². The molecular weight excluding hydrogens is 254 g/mol. The Bertz CT molecular complexity index is 573. The second-order valence-corrected chi connectivity index (χ2v) is 4.12. The molecule has 0 unspecified atom stereocenters. The molecule has 106 valence electrons. The molecule has 1 heterocycles. The number of hydrogen-bond acceptors (Lipinski definition) is 5. The fourth-order valence-corrected chi connectivity index (χ4v) is 1.92. The second-order valence-electron chi connectivity index (χ2n) is 4.12. The zero-order valence-corrected chi connectivity index (χ0v) is 12.0. The lowest BCUT2D eigenvalue weighted by Gasteiger charge is -2.12. The minimum Gasteiger partial charge on any atom is -0.494 e. The van der Waals surface area contributed by atoms with Gasteiger partial charge >= 0.3 is 0 Å². The number of anilines is 1. The standard InChI is InChI=1S/C15H19N3O2/c1-4-13-14(16-3)17-10-18-15(13)20-12-8-6-7-11(9-12)19-5-2/h6-10H,4-5H2,1-3H3,(H,16,17,18). The summed E-state index contributed by atoms with van der Waals surface area (Å²) in [6.07, 6.45) is 2.28. The van der Waals surface area contributed by atoms with Crippen LogP contribution in [0.3, 0.4) is 0 Å². The minimum absolute atomic E-state index is 0.570. The third-order valence-electron chi connectivity index (χ3n) is 2.83. The van der Waals surface area contributed by atoms with Gasteiger partial charge in [-0.2, -0.15) is 0 Å². The van der Waals surface area contributed by atoms with Crippen LogP contribution < -0.4 is 14.8 Å². The van der Waals surface area contributed by atoms with Crippen molar-refractivity contribution in [2.75, 3.05) is 19.0 Å². The minimum atomic E-state index is 0.570. The molecule has 5 nitrogen and oxygen atoms in total. The van der Waals surface area contributed by atoms with Gasteiger partial charge in [-0.15, -0.1) is 0 Å². The van der Waals surface area contributed by atoms with Gasteiger partial charge in [0.15, 0.2) is 0 Å². The lowest BCUT2D eigenvalue weighted by Crippen LogP contribution is -2.02. The van der Waals surface area contributed by atoms with E-state index in [1.165, 1.54) is 6.33 Å². The van der Waals surface area contributed by atoms with E-state index in [0.29, 0.717) is 18.2 Å². The first-order valence-electron chi connectivity index (χ1n) is 6.70. The van der Waals surface area contributed by atoms with Crippen LogP contribution in [0.2, 0.25) is 0 Å². The lowest BCUT2D eigenvalue weighted by molar-refractivity contribution is 0.338. The molecule has 1 aromatic carbocycles. The molecule has 1 N–H and O–H groups in total. The van der Waals surface area contributed by atoms with Gasteiger partial charge in [-0.1, -0.05) is 13.0 Å². The van der Waals surface area contributed by atoms with E-state index in [1.54, 1.807) is 0 Å². The molecule has 0 aliphatic heterocycles. The number of nitrogens with one attached hydrogen (secondary N) is 1. The van der Waals surface area contributed by atoms with Crippen LogP contribution in [-0.2, 0) is 6.42 Å². The van der Waals surface area contributed by atoms with Crippen molar-refractivity contribution in [3.8, 4) is 17.4 Å². The summed E-state index contributed by atoms with van der Waals surface area (Å²) in [7, 11) is 1.83. The molecule has 0 saturated carbocycles. The lowest BCUT2D eigenvalue weighted by atomic mass is 10.2. The maximum Gasteiger partial charge on any atom is 0.227 e. The molecule has 0 atom stereocenters. The van der Waals surface area contributed by atoms with Crippen LogP contribution in [0, 0.1) is 0 Å². The Balaban J connectivity index is 2.27. The summed E-state index contributed by atoms with van der Waals surface area (Å²) in [5.41, 5.74) is 0.955. The van der Waals surface area contributed by atoms with Crippen molar-refractivity contribution < 1.29 is 9.47 Å². The topological polar surface area (TPSA) is 56.3 Å². The van der Waals surface area contributed by atoms with Crippen molar-refractivity contribution in [3.05, 3.63) is 36.2 Å². The highest BCUT2D eigenvalue weighted by Gasteiger charge is 2.11. The van der Waals surface area contributed by atoms with Gasteiger partial charge in [0.1, 0.15) is 23.6 Å². The maximum atomic E-state index is 5.86. The number of benzene rings is 1. The van der Waals surface area contributed by atoms with Gasteiger partial charge in [0, 0.05) is 13.1 Å². The summed E-state index contributed by atoms with van der Waals surface area (Å²) in [5, 5.41) is 3.05. The number of hydrogen-bond donors (Lipinski definition) is 1. The molecule has 5 heteroatoms. The van der Waals surface area contributed by atoms with Gasteiger partial charge < -0.3 is 14.8 Å². The fraction of sp³-hybridized carbons (Fsp3) is 0.333. The molecular formula is C15H19N3O2. The normalized spacial score (nSPS) is 10.2. The van der Waals surface area contributed by atoms with Crippen molar-refractivity contribution in [2.45, 2.75) is 20.3 Å². The first-order chi connectivity index (χ1) is 9.78. The van der Waals surface area contributed by atoms with Crippen molar-refractivity contribution in [1.82, 2.24) is 9.97 Å². The Morgan fingerprint density at radius 2 is 1.95 bits per heavy atom. The Hall–Kier alpha value is -2.30. The van der Waals surface area contributed by atoms with E-state index in [-0.39, 0.29) is 0 Å². The number of nitrogens with zero attached hydrogens (tertiary/aromatic N) is 2. The highest BCUT2D eigenvalue weighted by molar-refractivity contribution is 5.49. The van der Waals surface area contributed by atoms with Crippen molar-refractivity contribution in [2.24, 2.45) is 0 Å². The average Bonchev–Trinajstić information content (AvgIpc) is 2.47. The fourth-order valence-electron chi connectivity index (χ4n) is 1.92. The van der Waals surface area contributed by atoms with Gasteiger partial charge in [-0.25, -0.2) is 9.97 Å².